The highest BCUT2D eigenvalue weighted by Gasteiger charge is 2.37. The molecule has 0 saturated carbocycles. The molecule has 4 aromatic carbocycles. The van der Waals surface area contributed by atoms with Crippen molar-refractivity contribution in [2.24, 2.45) is 49.4 Å². The molecule has 89 heavy (non-hydrogen) atoms. The summed E-state index contributed by atoms with van der Waals surface area (Å²) >= 11 is 0. The van der Waals surface area contributed by atoms with Crippen LogP contribution in [0.5, 0.6) is 0 Å². The molecular weight excluding hydrogens is 1140 g/mol. The van der Waals surface area contributed by atoms with Gasteiger partial charge in [0.2, 0.25) is 41.4 Å². The van der Waals surface area contributed by atoms with E-state index < -0.39 is 83.6 Å². The number of H-pyrrole nitrogens is 4. The van der Waals surface area contributed by atoms with Crippen LogP contribution in [0.3, 0.4) is 0 Å². The second-order valence-electron chi connectivity index (χ2n) is 22.0. The SMILES string of the molecule is NC(N)=NCCC[C@@H]1NC(=O)[C@H](CCCN=C(N)N)NC(=O)[C@H](Cc2c[nH]c3ccccc23)NC(=O)[C@H](Cc2c[nH]c3ccccc23)NC(=O)[C@H](Cc2c[nH]c3ccccc23)NC(=O)[C@H](Cc2c[nH]c3ccccc23)NC(=O)[C@H](CCCN=C(N)N)NC1=O. The molecule has 7 amide bonds. The molecule has 27 nitrogen and oxygen atoms in total. The molecular formula is C62H76N20O7. The Balaban J connectivity index is 1.17. The second kappa shape index (κ2) is 29.5. The molecule has 1 aliphatic rings. The van der Waals surface area contributed by atoms with Crippen molar-refractivity contribution in [1.82, 2.24) is 57.2 Å². The fourth-order valence-electron chi connectivity index (χ4n) is 11.1. The summed E-state index contributed by atoms with van der Waals surface area (Å²) in [6, 6.07) is 19.8. The van der Waals surface area contributed by atoms with Crippen LogP contribution in [-0.2, 0) is 59.2 Å². The number of amides is 7. The lowest BCUT2D eigenvalue weighted by Crippen LogP contribution is -2.60. The summed E-state index contributed by atoms with van der Waals surface area (Å²) < 4.78 is 0. The number of aromatic nitrogens is 4. The van der Waals surface area contributed by atoms with Crippen molar-refractivity contribution in [2.45, 2.75) is 107 Å². The van der Waals surface area contributed by atoms with E-state index in [1.165, 1.54) is 0 Å². The fraction of sp³-hybridized carbons (Fsp3) is 0.323. The zero-order chi connectivity index (χ0) is 63.0. The van der Waals surface area contributed by atoms with E-state index in [-0.39, 0.29) is 102 Å². The molecule has 7 atom stereocenters. The topological polar surface area (TPSA) is 460 Å². The van der Waals surface area contributed by atoms with Gasteiger partial charge in [0.1, 0.15) is 42.3 Å². The zero-order valence-corrected chi connectivity index (χ0v) is 48.9. The predicted molar refractivity (Wildman–Crippen MR) is 341 cm³/mol. The van der Waals surface area contributed by atoms with E-state index in [4.69, 9.17) is 34.4 Å². The predicted octanol–water partition coefficient (Wildman–Crippen LogP) is 0.450. The van der Waals surface area contributed by atoms with E-state index in [1.54, 1.807) is 24.8 Å². The van der Waals surface area contributed by atoms with Gasteiger partial charge in [-0.15, -0.1) is 0 Å². The van der Waals surface area contributed by atoms with E-state index in [1.807, 2.05) is 97.1 Å². The maximum atomic E-state index is 15.5. The molecule has 8 aromatic rings. The normalized spacial score (nSPS) is 20.1. The van der Waals surface area contributed by atoms with Crippen molar-refractivity contribution >= 4 is 103 Å². The number of carbonyl (C=O) groups is 7. The van der Waals surface area contributed by atoms with Crippen LogP contribution in [0.25, 0.3) is 43.6 Å². The number of nitrogens with one attached hydrogen (secondary N) is 11. The lowest BCUT2D eigenvalue weighted by molar-refractivity contribution is -0.135. The van der Waals surface area contributed by atoms with Gasteiger partial charge in [-0.25, -0.2) is 0 Å². The highest BCUT2D eigenvalue weighted by atomic mass is 16.2. The number of nitrogens with two attached hydrogens (primary N) is 6. The maximum absolute atomic E-state index is 15.5. The van der Waals surface area contributed by atoms with Gasteiger partial charge in [-0.1, -0.05) is 72.8 Å². The Kier molecular flexibility index (Phi) is 20.8. The quantitative estimate of drug-likeness (QED) is 0.0280. The highest BCUT2D eigenvalue weighted by Crippen LogP contribution is 2.25. The smallest absolute Gasteiger partial charge is 0.243 e. The van der Waals surface area contributed by atoms with E-state index in [9.17, 15) is 9.59 Å². The standard InChI is InChI=1S/C62H76N20O7/c63-60(64)69-23-9-20-46-53(83)77-48(22-11-25-71-62(67)68)55(85)79-50(27-35-31-73-43-17-6-2-13-39(35)43)57(87)81-52(29-37-33-75-45-19-8-4-15-41(37)45)59(89)82-51(28-36-32-74-44-18-7-3-14-40(36)44)58(88)80-49(26-34-30-72-42-16-5-1-12-38(34)42)56(86)78-47(54(84)76-46)21-10-24-70-61(65)66/h1-8,12-19,30-33,46-52,72-75H,9-11,20-29H2,(H,76,84)(H,77,83)(H,78,86)(H,79,85)(H,80,88)(H,81,87)(H,82,89)(H4,63,64,69)(H4,65,66,70)(H4,67,68,71)/t46-,47-,48-,49-,50-,51-,52-/m0/s1. The summed E-state index contributed by atoms with van der Waals surface area (Å²) in [5.74, 6) is -6.21. The van der Waals surface area contributed by atoms with Gasteiger partial charge in [0.15, 0.2) is 17.9 Å². The van der Waals surface area contributed by atoms with E-state index in [0.29, 0.717) is 22.3 Å². The van der Waals surface area contributed by atoms with Crippen molar-refractivity contribution in [3.8, 4) is 0 Å². The van der Waals surface area contributed by atoms with Crippen LogP contribution in [0.4, 0.5) is 0 Å². The van der Waals surface area contributed by atoms with Gasteiger partial charge < -0.3 is 91.6 Å². The van der Waals surface area contributed by atoms with Gasteiger partial charge in [-0.3, -0.25) is 48.5 Å². The molecule has 0 spiro atoms. The Morgan fingerprint density at radius 1 is 0.303 bits per heavy atom. The minimum Gasteiger partial charge on any atom is -0.370 e. The van der Waals surface area contributed by atoms with Crippen molar-refractivity contribution in [1.29, 1.82) is 0 Å². The summed E-state index contributed by atoms with van der Waals surface area (Å²) in [6.07, 6.45) is 6.69. The van der Waals surface area contributed by atoms with E-state index in [2.05, 4.69) is 72.1 Å². The van der Waals surface area contributed by atoms with Crippen molar-refractivity contribution in [2.75, 3.05) is 19.6 Å². The van der Waals surface area contributed by atoms with Gasteiger partial charge in [0.25, 0.3) is 0 Å². The van der Waals surface area contributed by atoms with Crippen LogP contribution in [0.1, 0.15) is 60.8 Å². The summed E-state index contributed by atoms with van der Waals surface area (Å²) in [5.41, 5.74) is 39.6. The number of hydrogen-bond donors (Lipinski definition) is 17. The molecule has 0 bridgehead atoms. The molecule has 1 aliphatic heterocycles. The molecule has 0 aliphatic carbocycles. The van der Waals surface area contributed by atoms with Crippen LogP contribution in [-0.4, -0.2) is 141 Å². The number of para-hydroxylation sites is 4. The van der Waals surface area contributed by atoms with Crippen molar-refractivity contribution in [3.05, 3.63) is 144 Å². The van der Waals surface area contributed by atoms with Crippen LogP contribution in [0.2, 0.25) is 0 Å². The lowest BCUT2D eigenvalue weighted by Gasteiger charge is -2.27. The first kappa shape index (κ1) is 62.7. The number of nitrogens with zero attached hydrogens (tertiary/aromatic N) is 3. The Labute approximate surface area is 511 Å². The van der Waals surface area contributed by atoms with Crippen LogP contribution >= 0.6 is 0 Å². The summed E-state index contributed by atoms with van der Waals surface area (Å²) in [5, 5.41) is 23.3. The van der Waals surface area contributed by atoms with Gasteiger partial charge in [0.05, 0.1) is 0 Å². The minimum atomic E-state index is -1.42. The lowest BCUT2D eigenvalue weighted by atomic mass is 9.99. The minimum absolute atomic E-state index is 0.0445. The third kappa shape index (κ3) is 16.6. The molecule has 4 aromatic heterocycles. The van der Waals surface area contributed by atoms with Gasteiger partial charge in [-0.05, 0) is 85.0 Å². The number of hydrogen-bond acceptors (Lipinski definition) is 10. The summed E-state index contributed by atoms with van der Waals surface area (Å²) in [6.45, 7) is 0.139. The number of benzene rings is 4. The largest absolute Gasteiger partial charge is 0.370 e. The van der Waals surface area contributed by atoms with Gasteiger partial charge in [0, 0.05) is 114 Å². The highest BCUT2D eigenvalue weighted by molar-refractivity contribution is 6.00. The Morgan fingerprint density at radius 2 is 0.506 bits per heavy atom. The third-order valence-corrected chi connectivity index (χ3v) is 15.7. The first-order chi connectivity index (χ1) is 43.0. The summed E-state index contributed by atoms with van der Waals surface area (Å²) in [7, 11) is 0. The first-order valence-electron chi connectivity index (χ1n) is 29.5. The molecule has 0 radical (unpaired) electrons. The van der Waals surface area contributed by atoms with Crippen LogP contribution in [0.15, 0.2) is 137 Å². The van der Waals surface area contributed by atoms with E-state index in [0.717, 1.165) is 43.6 Å². The average Bonchev–Trinajstić information content (AvgIpc) is 2.54. The second-order valence-corrected chi connectivity index (χ2v) is 22.0. The average molecular weight is 1210 g/mol. The van der Waals surface area contributed by atoms with Crippen LogP contribution in [0, 0.1) is 0 Å². The molecule has 9 rings (SSSR count). The molecule has 23 N–H and O–H groups in total. The van der Waals surface area contributed by atoms with E-state index >= 15 is 24.0 Å². The Morgan fingerprint density at radius 3 is 0.730 bits per heavy atom. The molecule has 27 heteroatoms. The summed E-state index contributed by atoms with van der Waals surface area (Å²) in [4.78, 5) is 132. The Hall–Kier alpha value is -10.9. The van der Waals surface area contributed by atoms with Gasteiger partial charge >= 0.3 is 0 Å². The molecule has 1 fully saturated rings. The monoisotopic (exact) mass is 1210 g/mol. The number of carbonyl (C=O) groups excluding carboxylic acids is 7. The fourth-order valence-corrected chi connectivity index (χ4v) is 11.1. The molecule has 5 heterocycles. The van der Waals surface area contributed by atoms with Crippen LogP contribution < -0.4 is 71.6 Å². The number of rotatable bonds is 20. The molecule has 1 saturated heterocycles. The zero-order valence-electron chi connectivity index (χ0n) is 48.9. The third-order valence-electron chi connectivity index (χ3n) is 15.7. The Bertz CT molecular complexity index is 3750. The van der Waals surface area contributed by atoms with Crippen molar-refractivity contribution in [3.63, 3.8) is 0 Å². The van der Waals surface area contributed by atoms with Crippen molar-refractivity contribution < 1.29 is 33.6 Å². The first-order valence-corrected chi connectivity index (χ1v) is 29.5. The number of aromatic amines is 4. The number of aliphatic imine (C=N–C) groups is 3. The number of guanidine groups is 3. The molecule has 466 valence electrons. The number of fused-ring (bicyclic) bond motifs is 4. The maximum Gasteiger partial charge on any atom is 0.243 e. The molecule has 0 unspecified atom stereocenters. The van der Waals surface area contributed by atoms with Gasteiger partial charge in [-0.2, -0.15) is 0 Å².